The van der Waals surface area contributed by atoms with Crippen LogP contribution < -0.4 is 19.7 Å². The van der Waals surface area contributed by atoms with Crippen molar-refractivity contribution in [3.8, 4) is 11.5 Å². The maximum Gasteiger partial charge on any atom is 0.321 e. The van der Waals surface area contributed by atoms with Crippen LogP contribution in [0.2, 0.25) is 0 Å². The first kappa shape index (κ1) is 19.7. The van der Waals surface area contributed by atoms with Crippen LogP contribution in [0.3, 0.4) is 0 Å². The van der Waals surface area contributed by atoms with Gasteiger partial charge in [0, 0.05) is 50.2 Å². The summed E-state index contributed by atoms with van der Waals surface area (Å²) in [6.07, 6.45) is 2.76. The number of rotatable bonds is 2. The molecule has 168 valence electrons. The van der Waals surface area contributed by atoms with Gasteiger partial charge in [-0.2, -0.15) is 0 Å². The lowest BCUT2D eigenvalue weighted by molar-refractivity contribution is 0.174. The average molecular weight is 447 g/mol. The Hall–Kier alpha value is -4.01. The molecule has 0 radical (unpaired) electrons. The molecule has 2 aromatic carbocycles. The standard InChI is InChI=1S/C24H22FN5O3/c25-16-4-6-19-18(13-16)27-23(20-3-1-10-30(19)20)28-8-2-9-29(12-11-28)24(31)26-17-5-7-21-22(14-17)33-15-32-21/h1,3-7,10,13-14H,2,8-9,11-12,15H2,(H,26,31). The minimum absolute atomic E-state index is 0.155. The van der Waals surface area contributed by atoms with Gasteiger partial charge in [-0.15, -0.1) is 0 Å². The molecule has 2 aliphatic heterocycles. The van der Waals surface area contributed by atoms with Gasteiger partial charge in [0.15, 0.2) is 17.3 Å². The summed E-state index contributed by atoms with van der Waals surface area (Å²) in [5.74, 6) is 1.80. The monoisotopic (exact) mass is 447 g/mol. The molecule has 0 aliphatic carbocycles. The van der Waals surface area contributed by atoms with Gasteiger partial charge in [-0.1, -0.05) is 0 Å². The second-order valence-corrected chi connectivity index (χ2v) is 8.16. The van der Waals surface area contributed by atoms with E-state index in [-0.39, 0.29) is 18.6 Å². The lowest BCUT2D eigenvalue weighted by Crippen LogP contribution is -2.38. The number of hydrogen-bond acceptors (Lipinski definition) is 5. The molecule has 33 heavy (non-hydrogen) atoms. The van der Waals surface area contributed by atoms with E-state index < -0.39 is 0 Å². The quantitative estimate of drug-likeness (QED) is 0.501. The van der Waals surface area contributed by atoms with Crippen molar-refractivity contribution in [1.82, 2.24) is 14.3 Å². The maximum atomic E-state index is 13.9. The van der Waals surface area contributed by atoms with Crippen molar-refractivity contribution in [2.24, 2.45) is 0 Å². The number of halogens is 1. The summed E-state index contributed by atoms with van der Waals surface area (Å²) >= 11 is 0. The molecule has 1 N–H and O–H groups in total. The summed E-state index contributed by atoms with van der Waals surface area (Å²) < 4.78 is 26.6. The van der Waals surface area contributed by atoms with Crippen LogP contribution >= 0.6 is 0 Å². The Bertz CT molecular complexity index is 1370. The van der Waals surface area contributed by atoms with Crippen LogP contribution in [-0.2, 0) is 0 Å². The predicted molar refractivity (Wildman–Crippen MR) is 123 cm³/mol. The Balaban J connectivity index is 1.21. The highest BCUT2D eigenvalue weighted by molar-refractivity contribution is 5.90. The van der Waals surface area contributed by atoms with E-state index in [2.05, 4.69) is 10.2 Å². The van der Waals surface area contributed by atoms with Crippen molar-refractivity contribution < 1.29 is 18.7 Å². The first-order chi connectivity index (χ1) is 16.2. The summed E-state index contributed by atoms with van der Waals surface area (Å²) in [4.78, 5) is 21.7. The van der Waals surface area contributed by atoms with E-state index in [1.54, 1.807) is 29.2 Å². The molecule has 2 aliphatic rings. The van der Waals surface area contributed by atoms with Gasteiger partial charge in [0.2, 0.25) is 6.79 Å². The zero-order chi connectivity index (χ0) is 22.4. The largest absolute Gasteiger partial charge is 0.454 e. The molecule has 0 bridgehead atoms. The number of amides is 2. The number of nitrogens with zero attached hydrogens (tertiary/aromatic N) is 4. The molecular weight excluding hydrogens is 425 g/mol. The number of fused-ring (bicyclic) bond motifs is 4. The number of aromatic nitrogens is 2. The first-order valence-corrected chi connectivity index (χ1v) is 10.9. The molecule has 1 saturated heterocycles. The van der Waals surface area contributed by atoms with Gasteiger partial charge in [-0.25, -0.2) is 14.2 Å². The van der Waals surface area contributed by atoms with E-state index in [1.165, 1.54) is 12.1 Å². The number of ether oxygens (including phenoxy) is 2. The van der Waals surface area contributed by atoms with E-state index in [1.807, 2.05) is 22.7 Å². The van der Waals surface area contributed by atoms with Gasteiger partial charge in [-0.3, -0.25) is 0 Å². The summed E-state index contributed by atoms with van der Waals surface area (Å²) in [5, 5.41) is 2.95. The number of anilines is 2. The Morgan fingerprint density at radius 2 is 1.88 bits per heavy atom. The molecule has 9 heteroatoms. The third kappa shape index (κ3) is 3.55. The molecule has 0 unspecified atom stereocenters. The lowest BCUT2D eigenvalue weighted by Gasteiger charge is -2.24. The van der Waals surface area contributed by atoms with E-state index in [9.17, 15) is 9.18 Å². The third-order valence-electron chi connectivity index (χ3n) is 6.11. The summed E-state index contributed by atoms with van der Waals surface area (Å²) in [5.41, 5.74) is 3.10. The second-order valence-electron chi connectivity index (χ2n) is 8.16. The normalized spacial score (nSPS) is 15.8. The van der Waals surface area contributed by atoms with Crippen LogP contribution in [0.5, 0.6) is 11.5 Å². The molecule has 2 amide bonds. The topological polar surface area (TPSA) is 71.3 Å². The predicted octanol–water partition coefficient (Wildman–Crippen LogP) is 4.10. The van der Waals surface area contributed by atoms with E-state index in [4.69, 9.17) is 14.5 Å². The fourth-order valence-electron chi connectivity index (χ4n) is 4.48. The highest BCUT2D eigenvalue weighted by Crippen LogP contribution is 2.34. The Morgan fingerprint density at radius 1 is 0.970 bits per heavy atom. The van der Waals surface area contributed by atoms with Gasteiger partial charge in [-0.05, 0) is 42.8 Å². The molecular formula is C24H22FN5O3. The lowest BCUT2D eigenvalue weighted by atomic mass is 10.2. The zero-order valence-corrected chi connectivity index (χ0v) is 17.8. The number of nitrogens with one attached hydrogen (secondary N) is 1. The highest BCUT2D eigenvalue weighted by atomic mass is 19.1. The highest BCUT2D eigenvalue weighted by Gasteiger charge is 2.23. The van der Waals surface area contributed by atoms with Crippen LogP contribution in [0.25, 0.3) is 16.6 Å². The van der Waals surface area contributed by atoms with Gasteiger partial charge in [0.1, 0.15) is 5.82 Å². The van der Waals surface area contributed by atoms with Gasteiger partial charge in [0.05, 0.1) is 16.6 Å². The smallest absolute Gasteiger partial charge is 0.321 e. The average Bonchev–Trinajstić information content (AvgIpc) is 3.42. The van der Waals surface area contributed by atoms with Crippen molar-refractivity contribution in [2.75, 3.05) is 43.2 Å². The summed E-state index contributed by atoms with van der Waals surface area (Å²) in [6.45, 7) is 2.75. The van der Waals surface area contributed by atoms with E-state index in [0.29, 0.717) is 42.3 Å². The van der Waals surface area contributed by atoms with Gasteiger partial charge < -0.3 is 29.0 Å². The van der Waals surface area contributed by atoms with E-state index >= 15 is 0 Å². The van der Waals surface area contributed by atoms with Crippen LogP contribution in [0.15, 0.2) is 54.7 Å². The minimum atomic E-state index is -0.310. The molecule has 0 spiro atoms. The first-order valence-electron chi connectivity index (χ1n) is 10.9. The molecule has 6 rings (SSSR count). The van der Waals surface area contributed by atoms with Crippen molar-refractivity contribution in [3.63, 3.8) is 0 Å². The van der Waals surface area contributed by atoms with Crippen molar-refractivity contribution >= 4 is 34.1 Å². The molecule has 4 heterocycles. The van der Waals surface area contributed by atoms with Crippen LogP contribution in [0.4, 0.5) is 20.7 Å². The Morgan fingerprint density at radius 3 is 2.82 bits per heavy atom. The van der Waals surface area contributed by atoms with Crippen LogP contribution in [-0.4, -0.2) is 53.3 Å². The zero-order valence-electron chi connectivity index (χ0n) is 17.8. The van der Waals surface area contributed by atoms with Crippen molar-refractivity contribution in [3.05, 3.63) is 60.5 Å². The maximum absolute atomic E-state index is 13.9. The second kappa shape index (κ2) is 7.84. The molecule has 2 aromatic heterocycles. The molecule has 4 aromatic rings. The number of carbonyl (C=O) groups is 1. The Labute approximate surface area is 189 Å². The fourth-order valence-corrected chi connectivity index (χ4v) is 4.48. The van der Waals surface area contributed by atoms with Gasteiger partial charge >= 0.3 is 6.03 Å². The minimum Gasteiger partial charge on any atom is -0.454 e. The van der Waals surface area contributed by atoms with Crippen LogP contribution in [0.1, 0.15) is 6.42 Å². The number of urea groups is 1. The molecule has 8 nitrogen and oxygen atoms in total. The number of carbonyl (C=O) groups excluding carboxylic acids is 1. The summed E-state index contributed by atoms with van der Waals surface area (Å²) in [7, 11) is 0. The molecule has 0 saturated carbocycles. The Kier molecular flexibility index (Phi) is 4.67. The molecule has 1 fully saturated rings. The third-order valence-corrected chi connectivity index (χ3v) is 6.11. The van der Waals surface area contributed by atoms with Crippen LogP contribution in [0, 0.1) is 5.82 Å². The van der Waals surface area contributed by atoms with Gasteiger partial charge in [0.25, 0.3) is 0 Å². The summed E-state index contributed by atoms with van der Waals surface area (Å²) in [6, 6.07) is 13.8. The number of benzene rings is 2. The van der Waals surface area contributed by atoms with Crippen molar-refractivity contribution in [2.45, 2.75) is 6.42 Å². The molecule has 0 atom stereocenters. The number of hydrogen-bond donors (Lipinski definition) is 1. The van der Waals surface area contributed by atoms with Crippen molar-refractivity contribution in [1.29, 1.82) is 0 Å². The fraction of sp³-hybridized carbons (Fsp3) is 0.250. The van der Waals surface area contributed by atoms with E-state index in [0.717, 1.165) is 29.8 Å². The SMILES string of the molecule is O=C(Nc1ccc2c(c1)OCO2)N1CCCN(c2nc3cc(F)ccc3n3cccc23)CC1.